The van der Waals surface area contributed by atoms with Gasteiger partial charge in [-0.2, -0.15) is 5.26 Å². The van der Waals surface area contributed by atoms with Gasteiger partial charge in [0.1, 0.15) is 5.75 Å². The van der Waals surface area contributed by atoms with Crippen LogP contribution in [0.2, 0.25) is 15.1 Å². The van der Waals surface area contributed by atoms with Crippen LogP contribution in [0.5, 0.6) is 11.5 Å². The quantitative estimate of drug-likeness (QED) is 0.451. The molecule has 0 heterocycles. The molecule has 3 aromatic rings. The van der Waals surface area contributed by atoms with E-state index in [0.29, 0.717) is 0 Å². The Hall–Kier alpha value is -2.87. The number of carbonyl (C=O) groups excluding carboxylic acids is 1. The number of nitrogens with zero attached hydrogens (tertiary/aromatic N) is 1. The zero-order valence-corrected chi connectivity index (χ0v) is 19.5. The van der Waals surface area contributed by atoms with E-state index in [1.54, 1.807) is 0 Å². The molecule has 170 valence electrons. The molecule has 0 saturated heterocycles. The van der Waals surface area contributed by atoms with E-state index in [1.165, 1.54) is 42.5 Å². The summed E-state index contributed by atoms with van der Waals surface area (Å²) >= 11 is 18.0. The monoisotopic (exact) mass is 527 g/mol. The van der Waals surface area contributed by atoms with Crippen molar-refractivity contribution in [1.29, 1.82) is 5.26 Å². The lowest BCUT2D eigenvalue weighted by Gasteiger charge is -2.13. The van der Waals surface area contributed by atoms with Crippen LogP contribution in [0.1, 0.15) is 11.1 Å². The molecule has 0 aliphatic rings. The number of nitrogens with two attached hydrogens (primary N) is 1. The highest BCUT2D eigenvalue weighted by molar-refractivity contribution is 7.89. The Morgan fingerprint density at radius 3 is 2.45 bits per heavy atom. The number of rotatable bonds is 6. The Kier molecular flexibility index (Phi) is 7.47. The molecule has 3 rings (SSSR count). The van der Waals surface area contributed by atoms with Gasteiger partial charge in [-0.25, -0.2) is 17.9 Å². The molecule has 33 heavy (non-hydrogen) atoms. The van der Waals surface area contributed by atoms with Crippen molar-refractivity contribution in [3.63, 3.8) is 0 Å². The van der Waals surface area contributed by atoms with Crippen molar-refractivity contribution >= 4 is 56.4 Å². The van der Waals surface area contributed by atoms with Crippen LogP contribution in [0.25, 0.3) is 0 Å². The molecule has 0 unspecified atom stereocenters. The summed E-state index contributed by atoms with van der Waals surface area (Å²) in [5.41, 5.74) is 0.282. The summed E-state index contributed by atoms with van der Waals surface area (Å²) < 4.78 is 43.3. The molecule has 0 aliphatic carbocycles. The molecule has 0 bridgehead atoms. The molecule has 0 radical (unpaired) electrons. The minimum atomic E-state index is -3.97. The molecule has 0 spiro atoms. The van der Waals surface area contributed by atoms with Gasteiger partial charge in [-0.15, -0.1) is 0 Å². The molecule has 12 heteroatoms. The number of primary sulfonamides is 1. The average molecular weight is 529 g/mol. The van der Waals surface area contributed by atoms with Gasteiger partial charge in [0.25, 0.3) is 0 Å². The predicted octanol–water partition coefficient (Wildman–Crippen LogP) is 5.28. The van der Waals surface area contributed by atoms with E-state index in [9.17, 15) is 13.2 Å². The lowest BCUT2D eigenvalue weighted by atomic mass is 10.1. The molecular formula is C21H13Cl3FN3O4S. The second kappa shape index (κ2) is 9.95. The highest BCUT2D eigenvalue weighted by Crippen LogP contribution is 2.35. The van der Waals surface area contributed by atoms with Crippen molar-refractivity contribution in [2.24, 2.45) is 5.14 Å². The second-order valence-corrected chi connectivity index (χ2v) is 9.46. The maximum absolute atomic E-state index is 15.1. The van der Waals surface area contributed by atoms with Crippen LogP contribution in [0.15, 0.2) is 53.4 Å². The molecule has 0 saturated carbocycles. The molecule has 0 aromatic heterocycles. The van der Waals surface area contributed by atoms with Crippen LogP contribution in [-0.2, 0) is 21.2 Å². The number of halogens is 4. The molecule has 3 N–H and O–H groups in total. The number of hydrogen-bond acceptors (Lipinski definition) is 5. The van der Waals surface area contributed by atoms with Crippen molar-refractivity contribution in [3.8, 4) is 17.6 Å². The Morgan fingerprint density at radius 2 is 1.82 bits per heavy atom. The van der Waals surface area contributed by atoms with Crippen LogP contribution >= 0.6 is 34.8 Å². The largest absolute Gasteiger partial charge is 0.453 e. The standard InChI is InChI=1S/C21H13Cl3FN3O4S/c22-13-5-11(10-26)6-14(8-13)32-21-16(23)3-1-12(20(21)25)7-19(29)28-18-4-2-15(9-17(18)24)33(27,30)31/h1-6,8-9H,7H2,(H,28,29)(H2,27,30,31). The van der Waals surface area contributed by atoms with Crippen LogP contribution < -0.4 is 15.2 Å². The predicted molar refractivity (Wildman–Crippen MR) is 123 cm³/mol. The summed E-state index contributed by atoms with van der Waals surface area (Å²) in [6, 6.07) is 12.2. The Balaban J connectivity index is 1.82. The van der Waals surface area contributed by atoms with Gasteiger partial charge in [0, 0.05) is 10.6 Å². The van der Waals surface area contributed by atoms with Gasteiger partial charge in [0.2, 0.25) is 15.9 Å². The number of carbonyl (C=O) groups is 1. The highest BCUT2D eigenvalue weighted by Gasteiger charge is 2.19. The summed E-state index contributed by atoms with van der Waals surface area (Å²) in [6.45, 7) is 0. The SMILES string of the molecule is N#Cc1cc(Cl)cc(Oc2c(Cl)ccc(CC(=O)Nc3ccc(S(N)(=O)=O)cc3Cl)c2F)c1. The number of benzene rings is 3. The Labute approximate surface area is 203 Å². The third-order valence-electron chi connectivity index (χ3n) is 4.24. The number of amides is 1. The fourth-order valence-corrected chi connectivity index (χ4v) is 3.99. The van der Waals surface area contributed by atoms with Crippen molar-refractivity contribution in [3.05, 3.63) is 80.5 Å². The van der Waals surface area contributed by atoms with Gasteiger partial charge >= 0.3 is 0 Å². The molecule has 7 nitrogen and oxygen atoms in total. The molecule has 0 fully saturated rings. The third-order valence-corrected chi connectivity index (χ3v) is 5.98. The molecule has 1 amide bonds. The maximum Gasteiger partial charge on any atom is 0.238 e. The fraction of sp³-hybridized carbons (Fsp3) is 0.0476. The first kappa shape index (κ1) is 24.8. The van der Waals surface area contributed by atoms with Crippen LogP contribution in [-0.4, -0.2) is 14.3 Å². The number of nitriles is 1. The minimum absolute atomic E-state index is 0.0355. The van der Waals surface area contributed by atoms with Crippen LogP contribution in [0.3, 0.4) is 0 Å². The second-order valence-electron chi connectivity index (χ2n) is 6.65. The first-order valence-corrected chi connectivity index (χ1v) is 11.6. The van der Waals surface area contributed by atoms with Gasteiger partial charge in [-0.05, 0) is 42.5 Å². The third kappa shape index (κ3) is 6.13. The summed E-state index contributed by atoms with van der Waals surface area (Å²) in [4.78, 5) is 12.2. The van der Waals surface area contributed by atoms with E-state index in [2.05, 4.69) is 5.32 Å². The van der Waals surface area contributed by atoms with E-state index >= 15 is 4.39 Å². The molecule has 3 aromatic carbocycles. The lowest BCUT2D eigenvalue weighted by molar-refractivity contribution is -0.115. The smallest absolute Gasteiger partial charge is 0.238 e. The summed E-state index contributed by atoms with van der Waals surface area (Å²) in [5, 5.41) is 16.6. The van der Waals surface area contributed by atoms with Gasteiger partial charge in [-0.1, -0.05) is 40.9 Å². The summed E-state index contributed by atoms with van der Waals surface area (Å²) in [7, 11) is -3.97. The lowest BCUT2D eigenvalue weighted by Crippen LogP contribution is -2.16. The topological polar surface area (TPSA) is 122 Å². The number of anilines is 1. The number of ether oxygens (including phenoxy) is 1. The zero-order chi connectivity index (χ0) is 24.3. The summed E-state index contributed by atoms with van der Waals surface area (Å²) in [5.74, 6) is -1.78. The number of sulfonamides is 1. The number of hydrogen-bond donors (Lipinski definition) is 2. The van der Waals surface area contributed by atoms with E-state index in [4.69, 9.17) is 49.9 Å². The van der Waals surface area contributed by atoms with Crippen molar-refractivity contribution < 1.29 is 22.3 Å². The van der Waals surface area contributed by atoms with Gasteiger partial charge in [-0.3, -0.25) is 4.79 Å². The van der Waals surface area contributed by atoms with Gasteiger partial charge < -0.3 is 10.1 Å². The molecule has 0 aliphatic heterocycles. The van der Waals surface area contributed by atoms with E-state index < -0.39 is 28.2 Å². The van der Waals surface area contributed by atoms with Gasteiger partial charge in [0.05, 0.1) is 38.7 Å². The zero-order valence-electron chi connectivity index (χ0n) is 16.4. The number of nitrogens with one attached hydrogen (secondary N) is 1. The first-order valence-electron chi connectivity index (χ1n) is 8.95. The van der Waals surface area contributed by atoms with Crippen LogP contribution in [0, 0.1) is 17.1 Å². The van der Waals surface area contributed by atoms with Crippen molar-refractivity contribution in [1.82, 2.24) is 0 Å². The van der Waals surface area contributed by atoms with Crippen molar-refractivity contribution in [2.75, 3.05) is 5.32 Å². The average Bonchev–Trinajstić information content (AvgIpc) is 2.73. The van der Waals surface area contributed by atoms with Gasteiger partial charge in [0.15, 0.2) is 11.6 Å². The maximum atomic E-state index is 15.1. The normalized spacial score (nSPS) is 11.0. The first-order chi connectivity index (χ1) is 15.5. The highest BCUT2D eigenvalue weighted by atomic mass is 35.5. The van der Waals surface area contributed by atoms with E-state index in [0.717, 1.165) is 6.07 Å². The van der Waals surface area contributed by atoms with E-state index in [-0.39, 0.29) is 48.3 Å². The van der Waals surface area contributed by atoms with Crippen LogP contribution in [0.4, 0.5) is 10.1 Å². The molecular weight excluding hydrogens is 516 g/mol. The molecule has 0 atom stereocenters. The Morgan fingerprint density at radius 1 is 1.09 bits per heavy atom. The van der Waals surface area contributed by atoms with Crippen molar-refractivity contribution in [2.45, 2.75) is 11.3 Å². The fourth-order valence-electron chi connectivity index (χ4n) is 2.75. The van der Waals surface area contributed by atoms with E-state index in [1.807, 2.05) is 6.07 Å². The minimum Gasteiger partial charge on any atom is -0.453 e. The summed E-state index contributed by atoms with van der Waals surface area (Å²) in [6.07, 6.45) is -0.411. The Bertz CT molecular complexity index is 1410.